The van der Waals surface area contributed by atoms with Gasteiger partial charge in [0, 0.05) is 17.9 Å². The maximum absolute atomic E-state index is 12.8. The predicted molar refractivity (Wildman–Crippen MR) is 121 cm³/mol. The van der Waals surface area contributed by atoms with Gasteiger partial charge in [-0.2, -0.15) is 0 Å². The maximum Gasteiger partial charge on any atom is 0.257 e. The highest BCUT2D eigenvalue weighted by Crippen LogP contribution is 2.23. The average molecular weight is 411 g/mol. The second-order valence-electron chi connectivity index (χ2n) is 6.41. The van der Waals surface area contributed by atoms with E-state index in [1.165, 1.54) is 12.2 Å². The van der Waals surface area contributed by atoms with E-state index in [4.69, 9.17) is 11.5 Å². The molecule has 1 unspecified atom stereocenters. The lowest BCUT2D eigenvalue weighted by atomic mass is 9.94. The summed E-state index contributed by atoms with van der Waals surface area (Å²) in [5.74, 6) is -0.834. The van der Waals surface area contributed by atoms with Gasteiger partial charge in [0.05, 0.1) is 10.8 Å². The number of carbonyl (C=O) groups excluding carboxylic acids is 2. The van der Waals surface area contributed by atoms with Crippen molar-refractivity contribution in [3.63, 3.8) is 0 Å². The molecule has 0 spiro atoms. The summed E-state index contributed by atoms with van der Waals surface area (Å²) in [6, 6.07) is 14.7. The number of amides is 2. The molecule has 0 heterocycles. The molecule has 7 heteroatoms. The number of nitrogens with one attached hydrogen (secondary N) is 2. The molecule has 2 aromatic rings. The van der Waals surface area contributed by atoms with E-state index in [0.717, 1.165) is 5.56 Å². The molecule has 0 aliphatic rings. The molecule has 0 aromatic heterocycles. The lowest BCUT2D eigenvalue weighted by Crippen LogP contribution is -2.25. The monoisotopic (exact) mass is 410 g/mol. The van der Waals surface area contributed by atoms with Crippen LogP contribution in [0.2, 0.25) is 0 Å². The molecule has 2 rings (SSSR count). The first-order chi connectivity index (χ1) is 14.0. The highest BCUT2D eigenvalue weighted by molar-refractivity contribution is 7.85. The third-order valence-corrected chi connectivity index (χ3v) is 4.68. The van der Waals surface area contributed by atoms with Crippen LogP contribution < -0.4 is 22.1 Å². The molecule has 2 aromatic carbocycles. The second-order valence-corrected chi connectivity index (χ2v) is 6.90. The summed E-state index contributed by atoms with van der Waals surface area (Å²) in [4.78, 5) is 25.1. The zero-order valence-corrected chi connectivity index (χ0v) is 17.0. The number of rotatable bonds is 9. The predicted octanol–water partition coefficient (Wildman–Crippen LogP) is 2.96. The number of nitrogens with two attached hydrogens (primary N) is 2. The number of thiol groups is 1. The van der Waals surface area contributed by atoms with E-state index in [0.29, 0.717) is 29.9 Å². The minimum absolute atomic E-state index is 0.145. The molecule has 6 N–H and O–H groups in total. The number of anilines is 2. The van der Waals surface area contributed by atoms with Gasteiger partial charge in [0.2, 0.25) is 5.91 Å². The fourth-order valence-electron chi connectivity index (χ4n) is 2.82. The normalized spacial score (nSPS) is 12.1. The molecule has 0 saturated heterocycles. The number of hydrogen-bond donors (Lipinski definition) is 5. The summed E-state index contributed by atoms with van der Waals surface area (Å²) in [6.07, 6.45) is 3.52. The highest BCUT2D eigenvalue weighted by atomic mass is 32.1. The van der Waals surface area contributed by atoms with E-state index in [9.17, 15) is 9.59 Å². The lowest BCUT2D eigenvalue weighted by molar-refractivity contribution is -0.118. The smallest absolute Gasteiger partial charge is 0.257 e. The second kappa shape index (κ2) is 11.1. The van der Waals surface area contributed by atoms with Crippen LogP contribution in [0.4, 0.5) is 11.4 Å². The van der Waals surface area contributed by atoms with Gasteiger partial charge in [-0.1, -0.05) is 43.0 Å². The number of allylic oxidation sites excluding steroid dienone is 2. The Morgan fingerprint density at radius 2 is 1.90 bits per heavy atom. The van der Waals surface area contributed by atoms with Gasteiger partial charge < -0.3 is 22.1 Å². The first kappa shape index (κ1) is 22.3. The number of benzene rings is 2. The summed E-state index contributed by atoms with van der Waals surface area (Å²) in [6.45, 7) is 4.13. The largest absolute Gasteiger partial charge is 0.398 e. The highest BCUT2D eigenvalue weighted by Gasteiger charge is 2.20. The third-order valence-electron chi connectivity index (χ3n) is 4.33. The number of hydrogen-bond acceptors (Lipinski definition) is 5. The fourth-order valence-corrected chi connectivity index (χ4v) is 3.00. The lowest BCUT2D eigenvalue weighted by Gasteiger charge is -2.17. The van der Waals surface area contributed by atoms with Crippen molar-refractivity contribution in [3.8, 4) is 0 Å². The fraction of sp³-hybridized carbons (Fsp3) is 0.182. The van der Waals surface area contributed by atoms with E-state index in [2.05, 4.69) is 29.8 Å². The van der Waals surface area contributed by atoms with Crippen LogP contribution in [0.15, 0.2) is 72.2 Å². The van der Waals surface area contributed by atoms with Crippen molar-refractivity contribution >= 4 is 35.8 Å². The van der Waals surface area contributed by atoms with Gasteiger partial charge in [-0.25, -0.2) is 0 Å². The number of nitrogen functional groups attached to an aromatic ring is 1. The summed E-state index contributed by atoms with van der Waals surface area (Å²) in [7, 11) is 0. The Morgan fingerprint density at radius 3 is 2.55 bits per heavy atom. The zero-order chi connectivity index (χ0) is 21.2. The molecule has 0 aliphatic heterocycles. The molecular formula is C22H26N4O2S. The first-order valence-corrected chi connectivity index (χ1v) is 9.65. The molecule has 0 fully saturated rings. The Hall–Kier alpha value is -3.03. The Labute approximate surface area is 176 Å². The molecule has 0 aliphatic carbocycles. The summed E-state index contributed by atoms with van der Waals surface area (Å²) in [5, 5.41) is 5.65. The molecule has 152 valence electrons. The van der Waals surface area contributed by atoms with Gasteiger partial charge in [-0.05, 0) is 48.4 Å². The van der Waals surface area contributed by atoms with E-state index < -0.39 is 0 Å². The maximum atomic E-state index is 12.8. The molecule has 0 radical (unpaired) electrons. The molecular weight excluding hydrogens is 384 g/mol. The molecule has 1 atom stereocenters. The van der Waals surface area contributed by atoms with Crippen molar-refractivity contribution in [2.75, 3.05) is 17.6 Å². The van der Waals surface area contributed by atoms with E-state index in [1.54, 1.807) is 18.2 Å². The minimum Gasteiger partial charge on any atom is -0.398 e. The molecule has 2 amide bonds. The van der Waals surface area contributed by atoms with Gasteiger partial charge in [-0.15, -0.1) is 12.6 Å². The van der Waals surface area contributed by atoms with Crippen molar-refractivity contribution in [1.82, 2.24) is 5.32 Å². The standard InChI is InChI=1S/C22H26N4O2S/c1-2-6-20(29)22(28)25-14-16-13-17(9-10-19(16)24)26-21(27)18(11-12-23)15-7-4-3-5-8-15/h2-10,13,18,29H,1,11-12,14,23-24H2,(H,25,28)(H,26,27)/b20-6-. The van der Waals surface area contributed by atoms with Crippen molar-refractivity contribution in [2.45, 2.75) is 18.9 Å². The molecule has 29 heavy (non-hydrogen) atoms. The van der Waals surface area contributed by atoms with E-state index in [1.807, 2.05) is 30.3 Å². The molecule has 0 bridgehead atoms. The van der Waals surface area contributed by atoms with Gasteiger partial charge in [-0.3, -0.25) is 9.59 Å². The summed E-state index contributed by atoms with van der Waals surface area (Å²) in [5.41, 5.74) is 14.4. The van der Waals surface area contributed by atoms with Crippen LogP contribution in [0.25, 0.3) is 0 Å². The number of carbonyl (C=O) groups is 2. The van der Waals surface area contributed by atoms with Gasteiger partial charge in [0.1, 0.15) is 0 Å². The molecule has 0 saturated carbocycles. The van der Waals surface area contributed by atoms with Gasteiger partial charge >= 0.3 is 0 Å². The van der Waals surface area contributed by atoms with E-state index >= 15 is 0 Å². The zero-order valence-electron chi connectivity index (χ0n) is 16.1. The van der Waals surface area contributed by atoms with E-state index in [-0.39, 0.29) is 29.2 Å². The van der Waals surface area contributed by atoms with Crippen LogP contribution in [-0.2, 0) is 16.1 Å². The van der Waals surface area contributed by atoms with Crippen LogP contribution in [0.5, 0.6) is 0 Å². The van der Waals surface area contributed by atoms with Crippen LogP contribution in [-0.4, -0.2) is 18.4 Å². The quantitative estimate of drug-likeness (QED) is 0.189. The first-order valence-electron chi connectivity index (χ1n) is 9.20. The van der Waals surface area contributed by atoms with Crippen LogP contribution in [0.3, 0.4) is 0 Å². The van der Waals surface area contributed by atoms with Crippen LogP contribution in [0.1, 0.15) is 23.5 Å². The summed E-state index contributed by atoms with van der Waals surface area (Å²) >= 11 is 4.10. The topological polar surface area (TPSA) is 110 Å². The van der Waals surface area contributed by atoms with Crippen LogP contribution in [0, 0.1) is 0 Å². The Balaban J connectivity index is 2.11. The third kappa shape index (κ3) is 6.51. The van der Waals surface area contributed by atoms with Crippen LogP contribution >= 0.6 is 12.6 Å². The summed E-state index contributed by atoms with van der Waals surface area (Å²) < 4.78 is 0. The van der Waals surface area contributed by atoms with Crippen molar-refractivity contribution < 1.29 is 9.59 Å². The van der Waals surface area contributed by atoms with Crippen molar-refractivity contribution in [1.29, 1.82) is 0 Å². The Morgan fingerprint density at radius 1 is 1.17 bits per heavy atom. The Kier molecular flexibility index (Phi) is 8.51. The molecule has 6 nitrogen and oxygen atoms in total. The Bertz CT molecular complexity index is 897. The van der Waals surface area contributed by atoms with Gasteiger partial charge in [0.25, 0.3) is 5.91 Å². The minimum atomic E-state index is -0.349. The van der Waals surface area contributed by atoms with Crippen molar-refractivity contribution in [3.05, 3.63) is 83.3 Å². The average Bonchev–Trinajstić information content (AvgIpc) is 2.72. The SMILES string of the molecule is C=C/C=C(\S)C(=O)NCc1cc(NC(=O)C(CCN)c2ccccc2)ccc1N. The van der Waals surface area contributed by atoms with Crippen molar-refractivity contribution in [2.24, 2.45) is 5.73 Å². The van der Waals surface area contributed by atoms with Gasteiger partial charge in [0.15, 0.2) is 0 Å².